The lowest BCUT2D eigenvalue weighted by Gasteiger charge is -2.13. The molecule has 2 unspecified atom stereocenters. The molecule has 0 spiro atoms. The third-order valence-electron chi connectivity index (χ3n) is 4.62. The van der Waals surface area contributed by atoms with E-state index in [1.54, 1.807) is 24.3 Å². The van der Waals surface area contributed by atoms with Crippen LogP contribution in [0.4, 0.5) is 0 Å². The van der Waals surface area contributed by atoms with Crippen molar-refractivity contribution in [2.75, 3.05) is 13.2 Å². The van der Waals surface area contributed by atoms with Gasteiger partial charge in [0.2, 0.25) is 8.03 Å². The smallest absolute Gasteiger partial charge is 0.315 e. The van der Waals surface area contributed by atoms with Gasteiger partial charge < -0.3 is 9.63 Å². The maximum atomic E-state index is 12.2. The number of benzene rings is 1. The molecular formula is C19H26NO6P. The minimum absolute atomic E-state index is 0.210. The minimum Gasteiger partial charge on any atom is -0.481 e. The summed E-state index contributed by atoms with van der Waals surface area (Å²) in [7, 11) is -2.53. The van der Waals surface area contributed by atoms with Crippen LogP contribution in [0.1, 0.15) is 66.2 Å². The molecule has 0 saturated carbocycles. The molecule has 0 saturated heterocycles. The van der Waals surface area contributed by atoms with Gasteiger partial charge in [-0.3, -0.25) is 23.8 Å². The number of carbonyl (C=O) groups excluding carboxylic acids is 2. The second-order valence-corrected chi connectivity index (χ2v) is 8.45. The van der Waals surface area contributed by atoms with E-state index in [2.05, 4.69) is 0 Å². The lowest BCUT2D eigenvalue weighted by Crippen LogP contribution is -2.30. The Morgan fingerprint density at radius 2 is 1.56 bits per heavy atom. The maximum Gasteiger partial charge on any atom is 0.315 e. The van der Waals surface area contributed by atoms with Crippen molar-refractivity contribution < 1.29 is 28.6 Å². The summed E-state index contributed by atoms with van der Waals surface area (Å²) >= 11 is 0. The number of hydrogen-bond acceptors (Lipinski definition) is 5. The molecule has 1 heterocycles. The van der Waals surface area contributed by atoms with E-state index < -0.39 is 19.7 Å². The molecule has 0 radical (unpaired) electrons. The highest BCUT2D eigenvalue weighted by Gasteiger charge is 2.34. The van der Waals surface area contributed by atoms with Crippen molar-refractivity contribution in [3.63, 3.8) is 0 Å². The van der Waals surface area contributed by atoms with Crippen LogP contribution < -0.4 is 0 Å². The van der Waals surface area contributed by atoms with Crippen molar-refractivity contribution >= 4 is 25.8 Å². The van der Waals surface area contributed by atoms with E-state index >= 15 is 0 Å². The summed E-state index contributed by atoms with van der Waals surface area (Å²) in [5.41, 5.74) is 0.0233. The van der Waals surface area contributed by atoms with Crippen LogP contribution in [0.2, 0.25) is 0 Å². The Kier molecular flexibility index (Phi) is 8.20. The fourth-order valence-electron chi connectivity index (χ4n) is 2.92. The molecule has 1 aliphatic rings. The van der Waals surface area contributed by atoms with Crippen molar-refractivity contribution in [2.45, 2.75) is 51.1 Å². The van der Waals surface area contributed by atoms with E-state index in [1.165, 1.54) is 11.8 Å². The highest BCUT2D eigenvalue weighted by molar-refractivity contribution is 7.41. The lowest BCUT2D eigenvalue weighted by molar-refractivity contribution is -0.136. The summed E-state index contributed by atoms with van der Waals surface area (Å²) in [4.78, 5) is 36.4. The maximum absolute atomic E-state index is 12.2. The average molecular weight is 395 g/mol. The normalized spacial score (nSPS) is 15.7. The third-order valence-corrected chi connectivity index (χ3v) is 6.07. The minimum atomic E-state index is -2.53. The van der Waals surface area contributed by atoms with Gasteiger partial charge in [0.1, 0.15) is 5.66 Å². The van der Waals surface area contributed by atoms with Crippen molar-refractivity contribution in [1.29, 1.82) is 0 Å². The Balaban J connectivity index is 1.54. The Labute approximate surface area is 159 Å². The molecule has 1 aliphatic heterocycles. The molecule has 2 amide bonds. The molecule has 0 aromatic heterocycles. The van der Waals surface area contributed by atoms with Gasteiger partial charge in [-0.05, 0) is 31.9 Å². The first-order valence-corrected chi connectivity index (χ1v) is 10.7. The highest BCUT2D eigenvalue weighted by Crippen LogP contribution is 2.29. The largest absolute Gasteiger partial charge is 0.481 e. The van der Waals surface area contributed by atoms with E-state index in [-0.39, 0.29) is 11.8 Å². The summed E-state index contributed by atoms with van der Waals surface area (Å²) < 4.78 is 16.6. The van der Waals surface area contributed by atoms with Gasteiger partial charge in [-0.25, -0.2) is 0 Å². The lowest BCUT2D eigenvalue weighted by atomic mass is 10.1. The van der Waals surface area contributed by atoms with E-state index in [4.69, 9.17) is 9.63 Å². The second-order valence-electron chi connectivity index (χ2n) is 6.66. The van der Waals surface area contributed by atoms with E-state index in [1.807, 2.05) is 0 Å². The molecule has 27 heavy (non-hydrogen) atoms. The van der Waals surface area contributed by atoms with Crippen molar-refractivity contribution in [3.8, 4) is 0 Å². The van der Waals surface area contributed by atoms with Crippen LogP contribution in [-0.4, -0.2) is 46.6 Å². The summed E-state index contributed by atoms with van der Waals surface area (Å²) in [6.07, 6.45) is 5.28. The number of imide groups is 1. The van der Waals surface area contributed by atoms with Gasteiger partial charge in [0, 0.05) is 6.54 Å². The number of hydrogen-bond donors (Lipinski definition) is 1. The third kappa shape index (κ3) is 5.75. The molecule has 0 aliphatic carbocycles. The van der Waals surface area contributed by atoms with Gasteiger partial charge in [-0.1, -0.05) is 37.8 Å². The number of rotatable bonds is 12. The summed E-state index contributed by atoms with van der Waals surface area (Å²) in [6, 6.07) is 6.89. The predicted molar refractivity (Wildman–Crippen MR) is 102 cm³/mol. The van der Waals surface area contributed by atoms with Gasteiger partial charge in [-0.2, -0.15) is 0 Å². The molecular weight excluding hydrogens is 369 g/mol. The van der Waals surface area contributed by atoms with Crippen LogP contribution >= 0.6 is 8.03 Å². The number of unbranched alkanes of at least 4 members (excludes halogenated alkanes) is 5. The second kappa shape index (κ2) is 10.4. The van der Waals surface area contributed by atoms with Gasteiger partial charge >= 0.3 is 5.97 Å². The zero-order valence-electron chi connectivity index (χ0n) is 15.5. The van der Waals surface area contributed by atoms with Crippen molar-refractivity contribution in [3.05, 3.63) is 35.4 Å². The van der Waals surface area contributed by atoms with Crippen LogP contribution in [-0.2, 0) is 13.9 Å². The molecule has 1 N–H and O–H groups in total. The molecule has 0 fully saturated rings. The van der Waals surface area contributed by atoms with Gasteiger partial charge in [0.25, 0.3) is 11.8 Å². The number of amides is 2. The van der Waals surface area contributed by atoms with Gasteiger partial charge in [-0.15, -0.1) is 0 Å². The quantitative estimate of drug-likeness (QED) is 0.330. The Morgan fingerprint density at radius 3 is 2.11 bits per heavy atom. The number of aliphatic carboxylic acids is 1. The molecule has 148 valence electrons. The molecule has 1 aromatic rings. The van der Waals surface area contributed by atoms with Gasteiger partial charge in [0.15, 0.2) is 0 Å². The average Bonchev–Trinajstić information content (AvgIpc) is 2.90. The molecule has 8 heteroatoms. The van der Waals surface area contributed by atoms with Crippen LogP contribution in [0.5, 0.6) is 0 Å². The Bertz CT molecular complexity index is 685. The summed E-state index contributed by atoms with van der Waals surface area (Å²) in [6.45, 7) is 2.13. The number of carbonyl (C=O) groups is 3. The van der Waals surface area contributed by atoms with E-state index in [0.29, 0.717) is 24.3 Å². The SMILES string of the molecule is CC(C(=O)O)[PH](=O)OCCCCCCCCN1C(=O)c2ccccc2C1=O. The summed E-state index contributed by atoms with van der Waals surface area (Å²) in [5.74, 6) is -1.52. The monoisotopic (exact) mass is 395 g/mol. The molecule has 2 atom stereocenters. The first-order valence-electron chi connectivity index (χ1n) is 9.28. The van der Waals surface area contributed by atoms with E-state index in [9.17, 15) is 18.9 Å². The van der Waals surface area contributed by atoms with Gasteiger partial charge in [0.05, 0.1) is 17.7 Å². The van der Waals surface area contributed by atoms with Crippen molar-refractivity contribution in [2.24, 2.45) is 0 Å². The number of nitrogens with zero attached hydrogens (tertiary/aromatic N) is 1. The fraction of sp³-hybridized carbons (Fsp3) is 0.526. The number of carboxylic acids is 1. The Hall–Kier alpha value is -1.98. The highest BCUT2D eigenvalue weighted by atomic mass is 31.1. The molecule has 7 nitrogen and oxygen atoms in total. The Morgan fingerprint density at radius 1 is 1.04 bits per heavy atom. The van der Waals surface area contributed by atoms with Crippen LogP contribution in [0.25, 0.3) is 0 Å². The number of fused-ring (bicyclic) bond motifs is 1. The molecule has 2 rings (SSSR count). The van der Waals surface area contributed by atoms with Crippen molar-refractivity contribution in [1.82, 2.24) is 4.90 Å². The topological polar surface area (TPSA) is 101 Å². The zero-order valence-corrected chi connectivity index (χ0v) is 16.5. The fourth-order valence-corrected chi connectivity index (χ4v) is 3.72. The van der Waals surface area contributed by atoms with Crippen LogP contribution in [0.3, 0.4) is 0 Å². The van der Waals surface area contributed by atoms with Crippen LogP contribution in [0.15, 0.2) is 24.3 Å². The standard InChI is InChI=1S/C19H26NO6P/c1-14(19(23)24)27(25)26-13-9-5-3-2-4-8-12-20-17(21)15-10-6-7-11-16(15)18(20)22/h6-7,10-11,14,27H,2-5,8-9,12-13H2,1H3,(H,23,24). The molecule has 1 aromatic carbocycles. The zero-order chi connectivity index (χ0) is 19.8. The predicted octanol–water partition coefficient (Wildman–Crippen LogP) is 3.59. The number of carboxylic acid groups (broad SMARTS) is 1. The summed E-state index contributed by atoms with van der Waals surface area (Å²) in [5, 5.41) is 8.74. The van der Waals surface area contributed by atoms with Crippen LogP contribution in [0, 0.1) is 0 Å². The first-order chi connectivity index (χ1) is 12.9. The first kappa shape index (κ1) is 21.3. The molecule has 0 bridgehead atoms. The van der Waals surface area contributed by atoms with E-state index in [0.717, 1.165) is 38.5 Å².